The van der Waals surface area contributed by atoms with Crippen molar-refractivity contribution >= 4 is 148 Å². The monoisotopic (exact) mass is 2120 g/mol. The summed E-state index contributed by atoms with van der Waals surface area (Å²) in [5, 5.41) is 107. The van der Waals surface area contributed by atoms with E-state index in [0.717, 1.165) is 11.8 Å². The molecule has 1 heterocycles. The van der Waals surface area contributed by atoms with E-state index in [0.29, 0.717) is 43.1 Å². The number of benzene rings is 6. The summed E-state index contributed by atoms with van der Waals surface area (Å²) in [5.41, 5.74) is 20.1. The number of primary amides is 1. The number of carbonyl (C=O) groups excluding carboxylic acids is 16. The van der Waals surface area contributed by atoms with Gasteiger partial charge in [0.05, 0.1) is 6.42 Å². The van der Waals surface area contributed by atoms with Crippen molar-refractivity contribution in [2.75, 3.05) is 25.9 Å². The number of amides is 16. The summed E-state index contributed by atoms with van der Waals surface area (Å²) in [6.07, 6.45) is -1.46. The number of rotatable bonds is 59. The molecule has 0 aliphatic rings. The number of fused-ring (bicyclic) bond motifs is 1. The molecule has 7 aromatic rings. The Bertz CT molecular complexity index is 5830. The number of nitrogens with one attached hydrogen (secondary N) is 18. The Morgan fingerprint density at radius 3 is 1.07 bits per heavy atom. The quantitative estimate of drug-likeness (QED) is 0.00834. The summed E-state index contributed by atoms with van der Waals surface area (Å²) in [4.78, 5) is 252. The summed E-state index contributed by atoms with van der Waals surface area (Å²) in [5.74, 6) is -21.9. The molecule has 1 aromatic heterocycles. The molecule has 0 unspecified atom stereocenters. The zero-order chi connectivity index (χ0) is 111. The molecule has 16 amide bonds. The maximum Gasteiger partial charge on any atom is 0.327 e. The van der Waals surface area contributed by atoms with Crippen LogP contribution >= 0.6 is 24.4 Å². The van der Waals surface area contributed by atoms with Crippen LogP contribution in [0.2, 0.25) is 0 Å². The molecule has 45 nitrogen and oxygen atoms in total. The molecular formula is C103H140ClN23O22S. The number of carboxylic acids is 1. The number of aromatic nitrogens is 1. The molecule has 0 aliphatic heterocycles. The van der Waals surface area contributed by atoms with Crippen molar-refractivity contribution in [3.05, 3.63) is 191 Å². The molecule has 150 heavy (non-hydrogen) atoms. The number of phenolic OH excluding ortho intramolecular Hbond substituents is 4. The lowest BCUT2D eigenvalue weighted by molar-refractivity contribution is -0.144. The van der Waals surface area contributed by atoms with Crippen molar-refractivity contribution in [3.63, 3.8) is 0 Å². The number of aliphatic carboxylic acids is 1. The molecule has 812 valence electrons. The number of likely N-dealkylation sites (N-methyl/N-ethyl adjacent to an activating group) is 1. The van der Waals surface area contributed by atoms with Crippen LogP contribution in [0.25, 0.3) is 10.9 Å². The van der Waals surface area contributed by atoms with Crippen LogP contribution in [0.1, 0.15) is 148 Å². The number of thiol groups is 1. The van der Waals surface area contributed by atoms with Gasteiger partial charge in [0, 0.05) is 100 Å². The van der Waals surface area contributed by atoms with Gasteiger partial charge in [0.1, 0.15) is 114 Å². The first-order chi connectivity index (χ1) is 71.0. The number of guanidine groups is 2. The van der Waals surface area contributed by atoms with Crippen molar-refractivity contribution in [2.45, 2.75) is 243 Å². The minimum atomic E-state index is -1.98. The van der Waals surface area contributed by atoms with E-state index in [1.165, 1.54) is 111 Å². The third-order valence-electron chi connectivity index (χ3n) is 25.3. The van der Waals surface area contributed by atoms with Crippen LogP contribution in [0.4, 0.5) is 0 Å². The van der Waals surface area contributed by atoms with Gasteiger partial charge in [-0.1, -0.05) is 165 Å². The molecule has 0 fully saturated rings. The fraction of sp³-hybridized carbons (Fsp3) is 0.447. The van der Waals surface area contributed by atoms with Crippen molar-refractivity contribution in [1.82, 2.24) is 94.1 Å². The SMILES string of the molecule is CC[C@H](C)[C@H](NC(=O)[C@H](CCCNC(=N)N)NC(=O)[C@H](CCCNC(=N)N)NC(=O)[C@H](Cc1ccc(O)cc1)NC(=O)[C@H](Cc1ccc(O)cc1)N(C)C(=O)[C@H](C)N(Cl)C(C)=O)C(=O)N[C@H](C(=O)N[C@@H](Cc1ccc(O)cc1)C(=O)N[C@@H](Cc1ccc(O)cc1)C(=O)N[C@@H](CC(N)=O)C(=O)N[C@@H](Cc1c[nH]c2ccccc12)C(=O)N[C@H](C(=O)N[C@@H](Cc1ccccc1)C(=O)N[C@H](C(=O)N[C@@H](CS)C(=O)O)C(C)C)C(C)C)[C@@H](C)CC. The van der Waals surface area contributed by atoms with Crippen molar-refractivity contribution in [2.24, 2.45) is 40.9 Å². The lowest BCUT2D eigenvalue weighted by Gasteiger charge is -2.33. The lowest BCUT2D eigenvalue weighted by atomic mass is 9.94. The Morgan fingerprint density at radius 1 is 0.387 bits per heavy atom. The van der Waals surface area contributed by atoms with Crippen LogP contribution < -0.4 is 97.0 Å². The molecule has 0 saturated carbocycles. The largest absolute Gasteiger partial charge is 0.508 e. The van der Waals surface area contributed by atoms with E-state index in [-0.39, 0.29) is 112 Å². The summed E-state index contributed by atoms with van der Waals surface area (Å²) in [6.45, 7) is 15.3. The van der Waals surface area contributed by atoms with E-state index < -0.39 is 246 Å². The van der Waals surface area contributed by atoms with Gasteiger partial charge < -0.3 is 132 Å². The predicted octanol–water partition coefficient (Wildman–Crippen LogP) is 1.09. The summed E-state index contributed by atoms with van der Waals surface area (Å²) >= 11 is 10.3. The molecule has 0 radical (unpaired) electrons. The normalized spacial score (nSPS) is 14.6. The van der Waals surface area contributed by atoms with Gasteiger partial charge in [0.15, 0.2) is 11.9 Å². The van der Waals surface area contributed by atoms with E-state index in [9.17, 15) is 63.9 Å². The second-order valence-corrected chi connectivity index (χ2v) is 38.3. The van der Waals surface area contributed by atoms with Gasteiger partial charge in [-0.15, -0.1) is 0 Å². The predicted molar refractivity (Wildman–Crippen MR) is 561 cm³/mol. The lowest BCUT2D eigenvalue weighted by Crippen LogP contribution is -2.63. The van der Waals surface area contributed by atoms with Gasteiger partial charge in [-0.05, 0) is 144 Å². The first-order valence-electron chi connectivity index (χ1n) is 49.2. The Balaban J connectivity index is 1.19. The second-order valence-electron chi connectivity index (χ2n) is 37.6. The molecule has 7 rings (SSSR count). The van der Waals surface area contributed by atoms with Crippen LogP contribution in [0.15, 0.2) is 158 Å². The number of aromatic hydroxyl groups is 4. The summed E-state index contributed by atoms with van der Waals surface area (Å²) in [7, 11) is 1.28. The van der Waals surface area contributed by atoms with E-state index in [1.807, 2.05) is 0 Å². The minimum Gasteiger partial charge on any atom is -0.508 e. The van der Waals surface area contributed by atoms with Gasteiger partial charge >= 0.3 is 5.97 Å². The number of aromatic amines is 1. The molecule has 0 aliphatic carbocycles. The summed E-state index contributed by atoms with van der Waals surface area (Å²) < 4.78 is 0.642. The highest BCUT2D eigenvalue weighted by Gasteiger charge is 2.43. The van der Waals surface area contributed by atoms with Crippen molar-refractivity contribution < 1.29 is 107 Å². The first kappa shape index (κ1) is 121. The number of carbonyl (C=O) groups is 17. The number of H-pyrrole nitrogens is 1. The minimum absolute atomic E-state index is 0.000422. The number of hydrogen-bond acceptors (Lipinski definition) is 24. The van der Waals surface area contributed by atoms with Gasteiger partial charge in [-0.25, -0.2) is 9.21 Å². The number of nitrogens with zero attached hydrogens (tertiary/aromatic N) is 2. The van der Waals surface area contributed by atoms with Gasteiger partial charge in [0.25, 0.3) is 0 Å². The number of halogens is 1. The Hall–Kier alpha value is -15.8. The molecule has 47 heteroatoms. The maximum atomic E-state index is 15.5. The molecule has 0 bridgehead atoms. The van der Waals surface area contributed by atoms with E-state index in [1.54, 1.807) is 116 Å². The van der Waals surface area contributed by atoms with E-state index >= 15 is 43.2 Å². The van der Waals surface area contributed by atoms with Crippen molar-refractivity contribution in [3.8, 4) is 23.0 Å². The Morgan fingerprint density at radius 2 is 0.693 bits per heavy atom. The number of phenols is 4. The topological polar surface area (TPSA) is 720 Å². The van der Waals surface area contributed by atoms with Crippen LogP contribution in [-0.2, 0) is 120 Å². The van der Waals surface area contributed by atoms with Crippen LogP contribution in [0.5, 0.6) is 23.0 Å². The number of nitrogens with two attached hydrogens (primary N) is 3. The molecular weight excluding hydrogens is 1980 g/mol. The third kappa shape index (κ3) is 38.2. The highest BCUT2D eigenvalue weighted by Crippen LogP contribution is 2.25. The first-order valence-corrected chi connectivity index (χ1v) is 50.1. The smallest absolute Gasteiger partial charge is 0.327 e. The zero-order valence-corrected chi connectivity index (χ0v) is 87.1. The molecule has 29 N–H and O–H groups in total. The average Bonchev–Trinajstić information content (AvgIpc) is 1.58. The average molecular weight is 2120 g/mol. The highest BCUT2D eigenvalue weighted by molar-refractivity contribution is 7.80. The Labute approximate surface area is 879 Å². The van der Waals surface area contributed by atoms with Gasteiger partial charge in [-0.2, -0.15) is 12.6 Å². The molecule has 17 atom stereocenters. The zero-order valence-electron chi connectivity index (χ0n) is 85.4. The van der Waals surface area contributed by atoms with Crippen LogP contribution in [0, 0.1) is 34.5 Å². The fourth-order valence-corrected chi connectivity index (χ4v) is 16.5. The van der Waals surface area contributed by atoms with Crippen LogP contribution in [0.3, 0.4) is 0 Å². The third-order valence-corrected chi connectivity index (χ3v) is 26.2. The summed E-state index contributed by atoms with van der Waals surface area (Å²) in [6, 6.07) is 13.8. The molecule has 0 saturated heterocycles. The number of carboxylic acid groups (broad SMARTS) is 1. The number of hydrogen-bond donors (Lipinski definition) is 27. The molecule has 0 spiro atoms. The standard InChI is InChI=1S/C103H140ClN23O22S/c1-12-56(7)85(125-99(146)86(57(8)13-2)124-88(135)73(26-20-44-111-103(108)109)113-87(134)72(25-19-43-110-102(106)107)114-89(136)75(47-62-29-37-67(130)38-30-62)118-95(142)81(49-64-33-41-69(132)42-34-64)126(11)100(147)58(9)127(104)59(10)128)98(145)120-76(48-63-31-39-68(131)40-32-63)91(138)115-74(46-61-27-35-66(129)36-28-61)90(137)117-79(51-82(105)133)92(139)116-78(50-65-52-112-71-24-18-17-23-70(65)71)94(141)123-83(54(3)4)96(143)119-77(45-60-21-15-14-16-22-60)93(140)122-84(55(5)6)97(144)121-80(53-150)101(148)149/h14-18,21-24,27-42,52,54-58,72-81,83-86,112,129-132,150H,12-13,19-20,25-26,43-51,53H2,1-11H3,(H2,105,133)(H,113,134)(H,114,136)(H,115,138)(H,116,139)(H,117,137)(H,118,142)(H,119,143)(H,120,145)(H,121,144)(H,122,140)(H,123,141)(H,124,135)(H,125,146)(H,148,149)(H4,106,107,110)(H4,108,109,111)/t56-,57-,58-,72-,73-,74-,75-,76-,77-,78-,79-,80-,81-,83-,84-,85-,86-/m0/s1. The van der Waals surface area contributed by atoms with Crippen molar-refractivity contribution in [1.29, 1.82) is 10.8 Å². The van der Waals surface area contributed by atoms with Gasteiger partial charge in [0.2, 0.25) is 94.5 Å². The number of para-hydroxylation sites is 1. The Kier molecular flexibility index (Phi) is 47.9. The van der Waals surface area contributed by atoms with Gasteiger partial charge in [-0.3, -0.25) is 87.5 Å². The highest BCUT2D eigenvalue weighted by atomic mass is 35.5. The van der Waals surface area contributed by atoms with Crippen LogP contribution in [-0.4, -0.2) is 269 Å². The molecule has 6 aromatic carbocycles. The van der Waals surface area contributed by atoms with E-state index in [4.69, 9.17) is 39.8 Å². The van der Waals surface area contributed by atoms with E-state index in [2.05, 4.69) is 97.4 Å². The second kappa shape index (κ2) is 59.3. The fourth-order valence-electron chi connectivity index (χ4n) is 16.2. The maximum absolute atomic E-state index is 15.5.